The third-order valence-electron chi connectivity index (χ3n) is 6.34. The number of Topliss-reactive ketones (excluding diaryl/α,β-unsaturated/α-hetero) is 1. The van der Waals surface area contributed by atoms with E-state index in [-0.39, 0.29) is 55.0 Å². The van der Waals surface area contributed by atoms with E-state index < -0.39 is 12.1 Å². The van der Waals surface area contributed by atoms with Gasteiger partial charge in [0.15, 0.2) is 5.78 Å². The van der Waals surface area contributed by atoms with Gasteiger partial charge < -0.3 is 25.8 Å². The Bertz CT molecular complexity index is 899. The van der Waals surface area contributed by atoms with Crippen LogP contribution in [-0.2, 0) is 14.4 Å². The second kappa shape index (κ2) is 10.3. The topological polar surface area (TPSA) is 116 Å². The van der Waals surface area contributed by atoms with Gasteiger partial charge in [-0.05, 0) is 43.0 Å². The van der Waals surface area contributed by atoms with Gasteiger partial charge in [0.2, 0.25) is 11.8 Å². The largest absolute Gasteiger partial charge is 0.378 e. The van der Waals surface area contributed by atoms with Gasteiger partial charge in [0.1, 0.15) is 12.1 Å². The zero-order valence-electron chi connectivity index (χ0n) is 19.9. The number of benzene rings is 1. The standard InChI is InChI=1S/C24H35N5O4/c1-15(2)13-18(26-23(32)16-5-7-17(8-6-16)27(3)4)24(33)28-12-10-19-22(28)20(30)14-29(19)21(31)9-11-25/h5-8,15,18-19,22H,9-14,25H2,1-4H3,(H,26,32)/t18-,19?,22?/m0/s1. The quantitative estimate of drug-likeness (QED) is 0.591. The van der Waals surface area contributed by atoms with Crippen LogP contribution in [0, 0.1) is 5.92 Å². The molecule has 3 N–H and O–H groups in total. The molecule has 33 heavy (non-hydrogen) atoms. The highest BCUT2D eigenvalue weighted by Gasteiger charge is 2.51. The number of likely N-dealkylation sites (tertiary alicyclic amines) is 2. The molecule has 0 aromatic heterocycles. The summed E-state index contributed by atoms with van der Waals surface area (Å²) in [7, 11) is 3.84. The molecule has 3 rings (SSSR count). The van der Waals surface area contributed by atoms with Crippen molar-refractivity contribution >= 4 is 29.2 Å². The summed E-state index contributed by atoms with van der Waals surface area (Å²) in [5, 5.41) is 2.89. The molecule has 0 saturated carbocycles. The van der Waals surface area contributed by atoms with Gasteiger partial charge in [0.25, 0.3) is 5.91 Å². The number of hydrogen-bond donors (Lipinski definition) is 2. The highest BCUT2D eigenvalue weighted by atomic mass is 16.2. The average Bonchev–Trinajstić information content (AvgIpc) is 3.34. The van der Waals surface area contributed by atoms with E-state index in [2.05, 4.69) is 5.32 Å². The van der Waals surface area contributed by atoms with Gasteiger partial charge in [-0.3, -0.25) is 19.2 Å². The number of carbonyl (C=O) groups excluding carboxylic acids is 4. The van der Waals surface area contributed by atoms with E-state index in [1.165, 1.54) is 0 Å². The summed E-state index contributed by atoms with van der Waals surface area (Å²) >= 11 is 0. The lowest BCUT2D eigenvalue weighted by molar-refractivity contribution is -0.138. The lowest BCUT2D eigenvalue weighted by Crippen LogP contribution is -2.53. The van der Waals surface area contributed by atoms with Gasteiger partial charge in [0.05, 0.1) is 12.6 Å². The van der Waals surface area contributed by atoms with Crippen LogP contribution in [0.2, 0.25) is 0 Å². The van der Waals surface area contributed by atoms with Crippen molar-refractivity contribution in [1.82, 2.24) is 15.1 Å². The van der Waals surface area contributed by atoms with E-state index in [0.29, 0.717) is 24.9 Å². The summed E-state index contributed by atoms with van der Waals surface area (Å²) in [5.74, 6) is -0.717. The molecule has 2 saturated heterocycles. The van der Waals surface area contributed by atoms with Crippen molar-refractivity contribution in [2.45, 2.75) is 51.2 Å². The number of anilines is 1. The van der Waals surface area contributed by atoms with Crippen LogP contribution in [0.25, 0.3) is 0 Å². The van der Waals surface area contributed by atoms with Crippen molar-refractivity contribution in [3.63, 3.8) is 0 Å². The van der Waals surface area contributed by atoms with Crippen LogP contribution in [0.5, 0.6) is 0 Å². The predicted molar refractivity (Wildman–Crippen MR) is 126 cm³/mol. The predicted octanol–water partition coefficient (Wildman–Crippen LogP) is 0.627. The highest BCUT2D eigenvalue weighted by molar-refractivity contribution is 6.01. The van der Waals surface area contributed by atoms with Gasteiger partial charge in [-0.2, -0.15) is 0 Å². The molecule has 2 unspecified atom stereocenters. The molecule has 0 bridgehead atoms. The van der Waals surface area contributed by atoms with E-state index in [0.717, 1.165) is 5.69 Å². The fourth-order valence-electron chi connectivity index (χ4n) is 4.70. The number of carbonyl (C=O) groups is 4. The Hall–Kier alpha value is -2.94. The number of ketones is 1. The summed E-state index contributed by atoms with van der Waals surface area (Å²) in [6.07, 6.45) is 1.19. The van der Waals surface area contributed by atoms with Crippen LogP contribution in [0.3, 0.4) is 0 Å². The molecule has 0 radical (unpaired) electrons. The first-order chi connectivity index (χ1) is 15.6. The third kappa shape index (κ3) is 5.35. The Morgan fingerprint density at radius 1 is 1.15 bits per heavy atom. The monoisotopic (exact) mass is 457 g/mol. The summed E-state index contributed by atoms with van der Waals surface area (Å²) < 4.78 is 0. The van der Waals surface area contributed by atoms with Gasteiger partial charge >= 0.3 is 0 Å². The molecule has 180 valence electrons. The number of amides is 3. The molecule has 9 heteroatoms. The second-order valence-corrected chi connectivity index (χ2v) is 9.46. The van der Waals surface area contributed by atoms with Crippen LogP contribution in [-0.4, -0.2) is 85.2 Å². The average molecular weight is 458 g/mol. The molecule has 2 fully saturated rings. The van der Waals surface area contributed by atoms with E-state index >= 15 is 0 Å². The smallest absolute Gasteiger partial charge is 0.251 e. The Morgan fingerprint density at radius 3 is 2.39 bits per heavy atom. The minimum absolute atomic E-state index is 0.0113. The first-order valence-electron chi connectivity index (χ1n) is 11.5. The van der Waals surface area contributed by atoms with E-state index in [1.54, 1.807) is 21.9 Å². The van der Waals surface area contributed by atoms with Crippen molar-refractivity contribution in [2.75, 3.05) is 38.6 Å². The Labute approximate surface area is 195 Å². The Balaban J connectivity index is 1.75. The molecule has 3 amide bonds. The van der Waals surface area contributed by atoms with Crippen molar-refractivity contribution in [3.05, 3.63) is 29.8 Å². The number of hydrogen-bond acceptors (Lipinski definition) is 6. The molecule has 0 spiro atoms. The van der Waals surface area contributed by atoms with Crippen LogP contribution in [0.15, 0.2) is 24.3 Å². The van der Waals surface area contributed by atoms with E-state index in [4.69, 9.17) is 5.73 Å². The zero-order valence-corrected chi connectivity index (χ0v) is 19.9. The van der Waals surface area contributed by atoms with Gasteiger partial charge in [-0.1, -0.05) is 13.8 Å². The van der Waals surface area contributed by atoms with Gasteiger partial charge in [-0.25, -0.2) is 0 Å². The van der Waals surface area contributed by atoms with Gasteiger partial charge in [-0.15, -0.1) is 0 Å². The molecule has 1 aromatic rings. The minimum Gasteiger partial charge on any atom is -0.378 e. The molecule has 3 atom stereocenters. The number of rotatable bonds is 8. The molecular formula is C24H35N5O4. The normalized spacial score (nSPS) is 20.7. The molecule has 0 aliphatic carbocycles. The fraction of sp³-hybridized carbons (Fsp3) is 0.583. The lowest BCUT2D eigenvalue weighted by Gasteiger charge is -2.29. The van der Waals surface area contributed by atoms with Crippen molar-refractivity contribution < 1.29 is 19.2 Å². The number of nitrogens with zero attached hydrogens (tertiary/aromatic N) is 3. The van der Waals surface area contributed by atoms with E-state index in [9.17, 15) is 19.2 Å². The Morgan fingerprint density at radius 2 is 1.82 bits per heavy atom. The summed E-state index contributed by atoms with van der Waals surface area (Å²) in [6.45, 7) is 4.59. The summed E-state index contributed by atoms with van der Waals surface area (Å²) in [5.41, 5.74) is 6.95. The minimum atomic E-state index is -0.744. The third-order valence-corrected chi connectivity index (χ3v) is 6.34. The van der Waals surface area contributed by atoms with Crippen LogP contribution in [0.4, 0.5) is 5.69 Å². The van der Waals surface area contributed by atoms with Crippen molar-refractivity contribution in [1.29, 1.82) is 0 Å². The molecule has 2 aliphatic rings. The van der Waals surface area contributed by atoms with Crippen LogP contribution in [0.1, 0.15) is 43.5 Å². The molecule has 2 aliphatic heterocycles. The summed E-state index contributed by atoms with van der Waals surface area (Å²) in [6, 6.07) is 5.46. The number of nitrogens with one attached hydrogen (secondary N) is 1. The van der Waals surface area contributed by atoms with Crippen molar-refractivity contribution in [2.24, 2.45) is 11.7 Å². The molecular weight excluding hydrogens is 422 g/mol. The number of nitrogens with two attached hydrogens (primary N) is 1. The summed E-state index contributed by atoms with van der Waals surface area (Å²) in [4.78, 5) is 56.6. The first kappa shape index (κ1) is 24.7. The Kier molecular flexibility index (Phi) is 7.73. The maximum atomic E-state index is 13.5. The second-order valence-electron chi connectivity index (χ2n) is 9.46. The SMILES string of the molecule is CC(C)C[C@H](NC(=O)c1ccc(N(C)C)cc1)C(=O)N1CCC2C1C(=O)CN2C(=O)CCN. The molecule has 1 aromatic carbocycles. The maximum Gasteiger partial charge on any atom is 0.251 e. The number of fused-ring (bicyclic) bond motifs is 1. The van der Waals surface area contributed by atoms with Crippen LogP contribution >= 0.6 is 0 Å². The molecule has 2 heterocycles. The fourth-order valence-corrected chi connectivity index (χ4v) is 4.70. The zero-order chi connectivity index (χ0) is 24.3. The van der Waals surface area contributed by atoms with Gasteiger partial charge in [0, 0.05) is 44.9 Å². The lowest BCUT2D eigenvalue weighted by atomic mass is 10.0. The van der Waals surface area contributed by atoms with Crippen LogP contribution < -0.4 is 16.0 Å². The van der Waals surface area contributed by atoms with E-state index in [1.807, 2.05) is 45.0 Å². The molecule has 9 nitrogen and oxygen atoms in total. The highest BCUT2D eigenvalue weighted by Crippen LogP contribution is 2.31. The van der Waals surface area contributed by atoms with Crippen molar-refractivity contribution in [3.8, 4) is 0 Å². The first-order valence-corrected chi connectivity index (χ1v) is 11.5. The maximum absolute atomic E-state index is 13.5.